The number of amides is 1. The summed E-state index contributed by atoms with van der Waals surface area (Å²) in [5.74, 6) is -0.300. The standard InChI is InChI=1S/C13H19N3O3S/c1-9(13(17)15-11-5-6-11)16-20(18,19)12-4-2-3-10(7-12)8-14/h2-4,7,9,11,16H,5-6,8,14H2,1H3,(H,15,17). The first-order valence-corrected chi connectivity index (χ1v) is 8.02. The van der Waals surface area contributed by atoms with E-state index in [1.54, 1.807) is 12.1 Å². The lowest BCUT2D eigenvalue weighted by Crippen LogP contribution is -2.45. The minimum Gasteiger partial charge on any atom is -0.352 e. The number of nitrogens with two attached hydrogens (primary N) is 1. The molecule has 20 heavy (non-hydrogen) atoms. The quantitative estimate of drug-likeness (QED) is 0.692. The van der Waals surface area contributed by atoms with E-state index in [0.29, 0.717) is 0 Å². The van der Waals surface area contributed by atoms with Gasteiger partial charge in [-0.15, -0.1) is 0 Å². The molecule has 0 saturated heterocycles. The van der Waals surface area contributed by atoms with E-state index in [2.05, 4.69) is 10.0 Å². The lowest BCUT2D eigenvalue weighted by Gasteiger charge is -2.14. The molecule has 1 unspecified atom stereocenters. The van der Waals surface area contributed by atoms with Crippen LogP contribution in [0.3, 0.4) is 0 Å². The Morgan fingerprint density at radius 1 is 1.45 bits per heavy atom. The summed E-state index contributed by atoms with van der Waals surface area (Å²) in [6, 6.07) is 5.77. The molecule has 1 aliphatic carbocycles. The molecule has 7 heteroatoms. The Bertz CT molecular complexity index is 597. The minimum atomic E-state index is -3.72. The molecule has 1 atom stereocenters. The van der Waals surface area contributed by atoms with Gasteiger partial charge < -0.3 is 11.1 Å². The van der Waals surface area contributed by atoms with Gasteiger partial charge in [0.05, 0.1) is 10.9 Å². The second-order valence-electron chi connectivity index (χ2n) is 4.98. The molecule has 1 saturated carbocycles. The van der Waals surface area contributed by atoms with E-state index in [1.807, 2.05) is 0 Å². The van der Waals surface area contributed by atoms with Crippen molar-refractivity contribution >= 4 is 15.9 Å². The average Bonchev–Trinajstić information content (AvgIpc) is 3.22. The molecule has 1 fully saturated rings. The van der Waals surface area contributed by atoms with Gasteiger partial charge in [-0.05, 0) is 37.5 Å². The zero-order valence-corrected chi connectivity index (χ0v) is 12.1. The van der Waals surface area contributed by atoms with Crippen molar-refractivity contribution in [1.29, 1.82) is 0 Å². The molecule has 2 rings (SSSR count). The number of rotatable bonds is 6. The molecule has 0 radical (unpaired) electrons. The molecular weight excluding hydrogens is 278 g/mol. The highest BCUT2D eigenvalue weighted by Gasteiger charge is 2.28. The Kier molecular flexibility index (Phi) is 4.42. The first kappa shape index (κ1) is 15.0. The maximum absolute atomic E-state index is 12.2. The maximum atomic E-state index is 12.2. The molecule has 6 nitrogen and oxygen atoms in total. The molecule has 0 spiro atoms. The predicted molar refractivity (Wildman–Crippen MR) is 75.3 cm³/mol. The topological polar surface area (TPSA) is 101 Å². The molecular formula is C13H19N3O3S. The average molecular weight is 297 g/mol. The lowest BCUT2D eigenvalue weighted by molar-refractivity contribution is -0.122. The first-order chi connectivity index (χ1) is 9.42. The highest BCUT2D eigenvalue weighted by atomic mass is 32.2. The van der Waals surface area contributed by atoms with Crippen LogP contribution in [0.1, 0.15) is 25.3 Å². The van der Waals surface area contributed by atoms with Gasteiger partial charge in [-0.3, -0.25) is 4.79 Å². The SMILES string of the molecule is CC(NS(=O)(=O)c1cccc(CN)c1)C(=O)NC1CC1. The second kappa shape index (κ2) is 5.90. The second-order valence-corrected chi connectivity index (χ2v) is 6.69. The van der Waals surface area contributed by atoms with E-state index in [0.717, 1.165) is 18.4 Å². The van der Waals surface area contributed by atoms with Gasteiger partial charge in [0, 0.05) is 12.6 Å². The largest absolute Gasteiger partial charge is 0.352 e. The number of sulfonamides is 1. The zero-order chi connectivity index (χ0) is 14.8. The molecule has 0 bridgehead atoms. The number of benzene rings is 1. The zero-order valence-electron chi connectivity index (χ0n) is 11.3. The van der Waals surface area contributed by atoms with Crippen LogP contribution in [0.2, 0.25) is 0 Å². The third kappa shape index (κ3) is 3.78. The van der Waals surface area contributed by atoms with Gasteiger partial charge in [-0.2, -0.15) is 4.72 Å². The predicted octanol–water partition coefficient (Wildman–Crippen LogP) is 0.0907. The normalized spacial score (nSPS) is 16.7. The van der Waals surface area contributed by atoms with Crippen molar-refractivity contribution in [2.24, 2.45) is 5.73 Å². The summed E-state index contributed by atoms with van der Waals surface area (Å²) in [5.41, 5.74) is 6.22. The Morgan fingerprint density at radius 3 is 2.75 bits per heavy atom. The van der Waals surface area contributed by atoms with Crippen molar-refractivity contribution in [3.05, 3.63) is 29.8 Å². The molecule has 1 amide bonds. The third-order valence-electron chi connectivity index (χ3n) is 3.09. The van der Waals surface area contributed by atoms with Gasteiger partial charge >= 0.3 is 0 Å². The van der Waals surface area contributed by atoms with Crippen LogP contribution < -0.4 is 15.8 Å². The summed E-state index contributed by atoms with van der Waals surface area (Å²) in [5, 5.41) is 2.76. The minimum absolute atomic E-state index is 0.117. The van der Waals surface area contributed by atoms with Crippen molar-refractivity contribution in [2.45, 2.75) is 43.3 Å². The summed E-state index contributed by atoms with van der Waals surface area (Å²) in [6.07, 6.45) is 1.92. The lowest BCUT2D eigenvalue weighted by atomic mass is 10.2. The summed E-state index contributed by atoms with van der Waals surface area (Å²) in [7, 11) is -3.72. The van der Waals surface area contributed by atoms with Crippen molar-refractivity contribution in [1.82, 2.24) is 10.0 Å². The summed E-state index contributed by atoms with van der Waals surface area (Å²) in [6.45, 7) is 1.79. The number of hydrogen-bond acceptors (Lipinski definition) is 4. The van der Waals surface area contributed by atoms with Crippen LogP contribution in [0.25, 0.3) is 0 Å². The van der Waals surface area contributed by atoms with Crippen LogP contribution in [0.15, 0.2) is 29.2 Å². The third-order valence-corrected chi connectivity index (χ3v) is 4.63. The first-order valence-electron chi connectivity index (χ1n) is 6.54. The Hall–Kier alpha value is -1.44. The number of carbonyl (C=O) groups excluding carboxylic acids is 1. The molecule has 0 aromatic heterocycles. The molecule has 1 aliphatic rings. The number of nitrogens with one attached hydrogen (secondary N) is 2. The van der Waals surface area contributed by atoms with E-state index in [1.165, 1.54) is 19.1 Å². The van der Waals surface area contributed by atoms with Crippen LogP contribution in [0.5, 0.6) is 0 Å². The monoisotopic (exact) mass is 297 g/mol. The Labute approximate surface area is 118 Å². The van der Waals surface area contributed by atoms with Crippen molar-refractivity contribution in [2.75, 3.05) is 0 Å². The molecule has 0 aliphatic heterocycles. The van der Waals surface area contributed by atoms with Gasteiger partial charge in [0.1, 0.15) is 0 Å². The van der Waals surface area contributed by atoms with Crippen LogP contribution in [-0.4, -0.2) is 26.4 Å². The molecule has 1 aromatic rings. The molecule has 110 valence electrons. The van der Waals surface area contributed by atoms with Gasteiger partial charge in [0.15, 0.2) is 0 Å². The van der Waals surface area contributed by atoms with Crippen molar-refractivity contribution < 1.29 is 13.2 Å². The summed E-state index contributed by atoms with van der Waals surface area (Å²) < 4.78 is 26.7. The van der Waals surface area contributed by atoms with Gasteiger partial charge in [-0.1, -0.05) is 12.1 Å². The van der Waals surface area contributed by atoms with Crippen LogP contribution in [0, 0.1) is 0 Å². The van der Waals surface area contributed by atoms with Crippen LogP contribution in [-0.2, 0) is 21.4 Å². The highest BCUT2D eigenvalue weighted by Crippen LogP contribution is 2.19. The summed E-state index contributed by atoms with van der Waals surface area (Å²) in [4.78, 5) is 11.9. The molecule has 1 aromatic carbocycles. The Balaban J connectivity index is 2.07. The van der Waals surface area contributed by atoms with Crippen LogP contribution in [0.4, 0.5) is 0 Å². The fraction of sp³-hybridized carbons (Fsp3) is 0.462. The molecule has 4 N–H and O–H groups in total. The van der Waals surface area contributed by atoms with Gasteiger partial charge in [0.2, 0.25) is 15.9 Å². The maximum Gasteiger partial charge on any atom is 0.241 e. The van der Waals surface area contributed by atoms with E-state index in [-0.39, 0.29) is 23.4 Å². The highest BCUT2D eigenvalue weighted by molar-refractivity contribution is 7.89. The van der Waals surface area contributed by atoms with Gasteiger partial charge in [0.25, 0.3) is 0 Å². The van der Waals surface area contributed by atoms with Crippen molar-refractivity contribution in [3.63, 3.8) is 0 Å². The van der Waals surface area contributed by atoms with E-state index < -0.39 is 16.1 Å². The van der Waals surface area contributed by atoms with Gasteiger partial charge in [-0.25, -0.2) is 8.42 Å². The van der Waals surface area contributed by atoms with Crippen molar-refractivity contribution in [3.8, 4) is 0 Å². The number of hydrogen-bond donors (Lipinski definition) is 3. The molecule has 0 heterocycles. The fourth-order valence-electron chi connectivity index (χ4n) is 1.75. The fourth-order valence-corrected chi connectivity index (χ4v) is 3.02. The van der Waals surface area contributed by atoms with E-state index in [9.17, 15) is 13.2 Å². The number of carbonyl (C=O) groups is 1. The van der Waals surface area contributed by atoms with Crippen LogP contribution >= 0.6 is 0 Å². The Morgan fingerprint density at radius 2 is 2.15 bits per heavy atom. The summed E-state index contributed by atoms with van der Waals surface area (Å²) >= 11 is 0. The smallest absolute Gasteiger partial charge is 0.241 e. The van der Waals surface area contributed by atoms with E-state index >= 15 is 0 Å². The van der Waals surface area contributed by atoms with E-state index in [4.69, 9.17) is 5.73 Å².